The Bertz CT molecular complexity index is 707. The topological polar surface area (TPSA) is 32.3 Å². The molecular weight excluding hydrogens is 356 g/mol. The summed E-state index contributed by atoms with van der Waals surface area (Å²) in [6, 6.07) is 21.8. The Kier molecular flexibility index (Phi) is 7.00. The van der Waals surface area contributed by atoms with E-state index in [1.54, 1.807) is 0 Å². The van der Waals surface area contributed by atoms with Crippen LogP contribution in [0.2, 0.25) is 0 Å². The Morgan fingerprint density at radius 1 is 0.862 bits per heavy atom. The number of carbonyl (C=O) groups is 1. The minimum atomic E-state index is 0.336. The Labute approximate surface area is 175 Å². The minimum absolute atomic E-state index is 0.336. The van der Waals surface area contributed by atoms with E-state index < -0.39 is 0 Å². The summed E-state index contributed by atoms with van der Waals surface area (Å²) < 4.78 is 0. The van der Waals surface area contributed by atoms with Gasteiger partial charge < -0.3 is 10.2 Å². The SMILES string of the molecule is O=C(CC(Cc1ccccc1)Cc1ccccc1)N1CCC(NCC2CC2)CC1. The van der Waals surface area contributed by atoms with Crippen molar-refractivity contribution < 1.29 is 4.79 Å². The van der Waals surface area contributed by atoms with Crippen molar-refractivity contribution in [1.82, 2.24) is 10.2 Å². The van der Waals surface area contributed by atoms with E-state index in [2.05, 4.69) is 70.9 Å². The van der Waals surface area contributed by atoms with E-state index in [0.717, 1.165) is 44.7 Å². The highest BCUT2D eigenvalue weighted by atomic mass is 16.2. The third-order valence-corrected chi connectivity index (χ3v) is 6.44. The highest BCUT2D eigenvalue weighted by molar-refractivity contribution is 5.76. The van der Waals surface area contributed by atoms with Gasteiger partial charge in [0.2, 0.25) is 5.91 Å². The van der Waals surface area contributed by atoms with Crippen LogP contribution >= 0.6 is 0 Å². The molecule has 29 heavy (non-hydrogen) atoms. The molecule has 2 aliphatic rings. The first kappa shape index (κ1) is 20.2. The number of nitrogens with one attached hydrogen (secondary N) is 1. The molecule has 1 N–H and O–H groups in total. The summed E-state index contributed by atoms with van der Waals surface area (Å²) >= 11 is 0. The van der Waals surface area contributed by atoms with Crippen LogP contribution in [0.15, 0.2) is 60.7 Å². The molecule has 154 valence electrons. The number of hydrogen-bond acceptors (Lipinski definition) is 2. The summed E-state index contributed by atoms with van der Waals surface area (Å²) in [6.07, 6.45) is 7.55. The lowest BCUT2D eigenvalue weighted by Gasteiger charge is -2.33. The van der Waals surface area contributed by atoms with Crippen molar-refractivity contribution in [3.63, 3.8) is 0 Å². The molecule has 2 aromatic rings. The fraction of sp³-hybridized carbons (Fsp3) is 0.500. The summed E-state index contributed by atoms with van der Waals surface area (Å²) in [5.41, 5.74) is 2.65. The van der Waals surface area contributed by atoms with Crippen molar-refractivity contribution in [3.8, 4) is 0 Å². The molecule has 0 spiro atoms. The third-order valence-electron chi connectivity index (χ3n) is 6.44. The molecule has 1 aliphatic heterocycles. The number of carbonyl (C=O) groups excluding carboxylic acids is 1. The second-order valence-electron chi connectivity index (χ2n) is 8.96. The molecule has 0 bridgehead atoms. The van der Waals surface area contributed by atoms with Crippen molar-refractivity contribution in [3.05, 3.63) is 71.8 Å². The lowest BCUT2D eigenvalue weighted by atomic mass is 9.89. The average molecular weight is 391 g/mol. The Hall–Kier alpha value is -2.13. The standard InChI is InChI=1S/C26H34N2O/c29-26(28-15-13-25(14-16-28)27-20-23-11-12-23)19-24(17-21-7-3-1-4-8-21)18-22-9-5-2-6-10-22/h1-10,23-25,27H,11-20H2. The highest BCUT2D eigenvalue weighted by Crippen LogP contribution is 2.28. The second kappa shape index (κ2) is 10.1. The molecule has 1 saturated heterocycles. The third kappa shape index (κ3) is 6.43. The molecule has 1 amide bonds. The predicted molar refractivity (Wildman–Crippen MR) is 119 cm³/mol. The van der Waals surface area contributed by atoms with Crippen LogP contribution in [-0.4, -0.2) is 36.5 Å². The van der Waals surface area contributed by atoms with Crippen LogP contribution in [-0.2, 0) is 17.6 Å². The maximum atomic E-state index is 13.1. The zero-order valence-corrected chi connectivity index (χ0v) is 17.4. The molecule has 1 saturated carbocycles. The molecule has 0 aromatic heterocycles. The van der Waals surface area contributed by atoms with E-state index in [9.17, 15) is 4.79 Å². The number of rotatable bonds is 9. The molecule has 1 aliphatic carbocycles. The Balaban J connectivity index is 1.31. The molecule has 1 heterocycles. The monoisotopic (exact) mass is 390 g/mol. The van der Waals surface area contributed by atoms with Crippen LogP contribution in [0.1, 0.15) is 43.2 Å². The summed E-state index contributed by atoms with van der Waals surface area (Å²) in [7, 11) is 0. The van der Waals surface area contributed by atoms with Gasteiger partial charge in [0.15, 0.2) is 0 Å². The smallest absolute Gasteiger partial charge is 0.222 e. The maximum absolute atomic E-state index is 13.1. The van der Waals surface area contributed by atoms with E-state index in [4.69, 9.17) is 0 Å². The van der Waals surface area contributed by atoms with Gasteiger partial charge in [-0.3, -0.25) is 4.79 Å². The van der Waals surface area contributed by atoms with Crippen molar-refractivity contribution in [2.75, 3.05) is 19.6 Å². The van der Waals surface area contributed by atoms with E-state index in [-0.39, 0.29) is 0 Å². The highest BCUT2D eigenvalue weighted by Gasteiger charge is 2.27. The number of benzene rings is 2. The number of amides is 1. The Morgan fingerprint density at radius 2 is 1.41 bits per heavy atom. The molecule has 3 nitrogen and oxygen atoms in total. The number of likely N-dealkylation sites (tertiary alicyclic amines) is 1. The van der Waals surface area contributed by atoms with Crippen molar-refractivity contribution in [2.24, 2.45) is 11.8 Å². The van der Waals surface area contributed by atoms with Crippen LogP contribution in [0.5, 0.6) is 0 Å². The fourth-order valence-corrected chi connectivity index (χ4v) is 4.48. The molecule has 0 unspecified atom stereocenters. The fourth-order valence-electron chi connectivity index (χ4n) is 4.48. The largest absolute Gasteiger partial charge is 0.343 e. The van der Waals surface area contributed by atoms with Gasteiger partial charge in [0.05, 0.1) is 0 Å². The van der Waals surface area contributed by atoms with Gasteiger partial charge in [0.1, 0.15) is 0 Å². The number of hydrogen-bond donors (Lipinski definition) is 1. The summed E-state index contributed by atoms with van der Waals surface area (Å²) in [5, 5.41) is 3.71. The number of piperidine rings is 1. The molecule has 4 rings (SSSR count). The van der Waals surface area contributed by atoms with Crippen LogP contribution in [0, 0.1) is 11.8 Å². The van der Waals surface area contributed by atoms with E-state index in [1.807, 2.05) is 0 Å². The Morgan fingerprint density at radius 3 is 1.93 bits per heavy atom. The van der Waals surface area contributed by atoms with Gasteiger partial charge in [0, 0.05) is 25.6 Å². The summed E-state index contributed by atoms with van der Waals surface area (Å²) in [6.45, 7) is 2.99. The van der Waals surface area contributed by atoms with Crippen LogP contribution < -0.4 is 5.32 Å². The number of nitrogens with zero attached hydrogens (tertiary/aromatic N) is 1. The normalized spacial score (nSPS) is 17.6. The predicted octanol–water partition coefficient (Wildman–Crippen LogP) is 4.47. The van der Waals surface area contributed by atoms with E-state index in [1.165, 1.54) is 30.5 Å². The van der Waals surface area contributed by atoms with Crippen LogP contribution in [0.25, 0.3) is 0 Å². The zero-order chi connectivity index (χ0) is 19.9. The van der Waals surface area contributed by atoms with Gasteiger partial charge >= 0.3 is 0 Å². The van der Waals surface area contributed by atoms with Gasteiger partial charge in [-0.15, -0.1) is 0 Å². The van der Waals surface area contributed by atoms with Gasteiger partial charge in [-0.05, 0) is 68.0 Å². The summed E-state index contributed by atoms with van der Waals surface area (Å²) in [5.74, 6) is 1.60. The van der Waals surface area contributed by atoms with Gasteiger partial charge in [0.25, 0.3) is 0 Å². The van der Waals surface area contributed by atoms with E-state index >= 15 is 0 Å². The molecule has 0 atom stereocenters. The maximum Gasteiger partial charge on any atom is 0.222 e. The molecule has 2 aromatic carbocycles. The van der Waals surface area contributed by atoms with Crippen molar-refractivity contribution in [1.29, 1.82) is 0 Å². The second-order valence-corrected chi connectivity index (χ2v) is 8.96. The van der Waals surface area contributed by atoms with E-state index in [0.29, 0.717) is 24.3 Å². The van der Waals surface area contributed by atoms with Crippen molar-refractivity contribution >= 4 is 5.91 Å². The molecule has 2 fully saturated rings. The van der Waals surface area contributed by atoms with Gasteiger partial charge in [-0.1, -0.05) is 60.7 Å². The lowest BCUT2D eigenvalue weighted by Crippen LogP contribution is -2.45. The molecule has 0 radical (unpaired) electrons. The van der Waals surface area contributed by atoms with Gasteiger partial charge in [-0.25, -0.2) is 0 Å². The first-order valence-corrected chi connectivity index (χ1v) is 11.4. The lowest BCUT2D eigenvalue weighted by molar-refractivity contribution is -0.133. The van der Waals surface area contributed by atoms with Crippen LogP contribution in [0.3, 0.4) is 0 Å². The zero-order valence-electron chi connectivity index (χ0n) is 17.4. The summed E-state index contributed by atoms with van der Waals surface area (Å²) in [4.78, 5) is 15.2. The minimum Gasteiger partial charge on any atom is -0.343 e. The molecular formula is C26H34N2O. The average Bonchev–Trinajstić information content (AvgIpc) is 3.59. The first-order valence-electron chi connectivity index (χ1n) is 11.4. The molecule has 3 heteroatoms. The quantitative estimate of drug-likeness (QED) is 0.685. The van der Waals surface area contributed by atoms with Crippen molar-refractivity contribution in [2.45, 2.75) is 51.0 Å². The first-order chi connectivity index (χ1) is 14.3. The van der Waals surface area contributed by atoms with Crippen LogP contribution in [0.4, 0.5) is 0 Å². The van der Waals surface area contributed by atoms with Gasteiger partial charge in [-0.2, -0.15) is 0 Å².